The summed E-state index contributed by atoms with van der Waals surface area (Å²) in [7, 11) is 1.46. The van der Waals surface area contributed by atoms with Crippen LogP contribution in [0.3, 0.4) is 0 Å². The van der Waals surface area contributed by atoms with Gasteiger partial charge in [-0.2, -0.15) is 0 Å². The van der Waals surface area contributed by atoms with Gasteiger partial charge in [0.15, 0.2) is 0 Å². The number of aliphatic carboxylic acids is 1. The van der Waals surface area contributed by atoms with Crippen LogP contribution >= 0.6 is 0 Å². The van der Waals surface area contributed by atoms with Crippen molar-refractivity contribution in [2.75, 3.05) is 13.7 Å². The first-order valence-corrected chi connectivity index (χ1v) is 8.08. The number of rotatable bonds is 8. The number of carbonyl (C=O) groups is 2. The first kappa shape index (κ1) is 18.2. The van der Waals surface area contributed by atoms with Crippen LogP contribution in [0.15, 0.2) is 18.3 Å². The molecule has 0 aromatic carbocycles. The third-order valence-electron chi connectivity index (χ3n) is 4.01. The Bertz CT molecular complexity index is 569. The molecular formula is C17H24N2O5. The van der Waals surface area contributed by atoms with E-state index < -0.39 is 17.4 Å². The van der Waals surface area contributed by atoms with Crippen molar-refractivity contribution in [3.63, 3.8) is 0 Å². The predicted octanol–water partition coefficient (Wildman–Crippen LogP) is 2.01. The van der Waals surface area contributed by atoms with Crippen LogP contribution in [0.2, 0.25) is 0 Å². The van der Waals surface area contributed by atoms with Gasteiger partial charge in [0.2, 0.25) is 5.88 Å². The first-order chi connectivity index (χ1) is 11.4. The molecule has 132 valence electrons. The third kappa shape index (κ3) is 5.19. The van der Waals surface area contributed by atoms with Gasteiger partial charge in [0, 0.05) is 19.4 Å². The van der Waals surface area contributed by atoms with Gasteiger partial charge in [-0.15, -0.1) is 0 Å². The van der Waals surface area contributed by atoms with Crippen LogP contribution in [0.1, 0.15) is 49.4 Å². The van der Waals surface area contributed by atoms with E-state index in [0.29, 0.717) is 11.4 Å². The molecule has 2 N–H and O–H groups in total. The van der Waals surface area contributed by atoms with E-state index >= 15 is 0 Å². The van der Waals surface area contributed by atoms with Crippen molar-refractivity contribution in [2.45, 2.75) is 50.7 Å². The highest BCUT2D eigenvalue weighted by atomic mass is 16.5. The molecule has 1 aromatic rings. The molecule has 1 unspecified atom stereocenters. The molecule has 0 aliphatic heterocycles. The Morgan fingerprint density at radius 1 is 1.38 bits per heavy atom. The van der Waals surface area contributed by atoms with Crippen LogP contribution in [0.4, 0.5) is 0 Å². The lowest BCUT2D eigenvalue weighted by molar-refractivity contribution is -0.139. The second-order valence-electron chi connectivity index (χ2n) is 6.43. The molecule has 1 amide bonds. The van der Waals surface area contributed by atoms with E-state index in [2.05, 4.69) is 10.3 Å². The molecule has 24 heavy (non-hydrogen) atoms. The lowest BCUT2D eigenvalue weighted by atomic mass is 9.98. The van der Waals surface area contributed by atoms with Crippen LogP contribution in [0, 0.1) is 0 Å². The largest absolute Gasteiger partial charge is 0.481 e. The van der Waals surface area contributed by atoms with Gasteiger partial charge in [-0.3, -0.25) is 9.59 Å². The number of aromatic nitrogens is 1. The molecule has 1 aliphatic rings. The lowest BCUT2D eigenvalue weighted by Gasteiger charge is -2.28. The highest BCUT2D eigenvalue weighted by molar-refractivity contribution is 5.94. The van der Waals surface area contributed by atoms with E-state index in [1.165, 1.54) is 26.1 Å². The average Bonchev–Trinajstić information content (AvgIpc) is 3.00. The average molecular weight is 336 g/mol. The number of carboxylic acids is 1. The van der Waals surface area contributed by atoms with Crippen LogP contribution in [0.5, 0.6) is 5.88 Å². The Morgan fingerprint density at radius 2 is 2.08 bits per heavy atom. The zero-order valence-corrected chi connectivity index (χ0v) is 14.1. The summed E-state index contributed by atoms with van der Waals surface area (Å²) in [5.74, 6) is -0.896. The minimum atomic E-state index is -1.01. The fourth-order valence-electron chi connectivity index (χ4n) is 2.89. The number of ether oxygens (including phenoxy) is 2. The Kier molecular flexibility index (Phi) is 6.14. The fourth-order valence-corrected chi connectivity index (χ4v) is 2.89. The highest BCUT2D eigenvalue weighted by Gasteiger charge is 2.30. The fraction of sp³-hybridized carbons (Fsp3) is 0.588. The molecule has 2 rings (SSSR count). The normalized spacial score (nSPS) is 17.2. The van der Waals surface area contributed by atoms with Crippen LogP contribution < -0.4 is 10.1 Å². The number of carbonyl (C=O) groups excluding carboxylic acids is 1. The minimum Gasteiger partial charge on any atom is -0.481 e. The molecule has 1 saturated carbocycles. The summed E-state index contributed by atoms with van der Waals surface area (Å²) in [6, 6.07) is 3.29. The van der Waals surface area contributed by atoms with E-state index in [1.807, 2.05) is 0 Å². The number of methoxy groups -OCH3 is 1. The van der Waals surface area contributed by atoms with Gasteiger partial charge in [0.1, 0.15) is 6.10 Å². The van der Waals surface area contributed by atoms with Crippen molar-refractivity contribution < 1.29 is 24.2 Å². The summed E-state index contributed by atoms with van der Waals surface area (Å²) in [6.07, 6.45) is 5.83. The molecule has 0 saturated heterocycles. The summed E-state index contributed by atoms with van der Waals surface area (Å²) in [5, 5.41) is 11.7. The predicted molar refractivity (Wildman–Crippen MR) is 87.1 cm³/mol. The number of hydrogen-bond donors (Lipinski definition) is 2. The van der Waals surface area contributed by atoms with E-state index in [-0.39, 0.29) is 19.1 Å². The monoisotopic (exact) mass is 336 g/mol. The molecule has 7 nitrogen and oxygen atoms in total. The number of nitrogens with zero attached hydrogens (tertiary/aromatic N) is 1. The third-order valence-corrected chi connectivity index (χ3v) is 4.01. The van der Waals surface area contributed by atoms with Crippen molar-refractivity contribution in [2.24, 2.45) is 0 Å². The van der Waals surface area contributed by atoms with Crippen molar-refractivity contribution in [3.8, 4) is 5.88 Å². The van der Waals surface area contributed by atoms with Crippen molar-refractivity contribution in [1.29, 1.82) is 0 Å². The summed E-state index contributed by atoms with van der Waals surface area (Å²) >= 11 is 0. The molecule has 1 aliphatic carbocycles. The van der Waals surface area contributed by atoms with E-state index in [0.717, 1.165) is 12.8 Å². The van der Waals surface area contributed by atoms with Crippen molar-refractivity contribution in [1.82, 2.24) is 10.3 Å². The van der Waals surface area contributed by atoms with Crippen molar-refractivity contribution in [3.05, 3.63) is 23.9 Å². The lowest BCUT2D eigenvalue weighted by Crippen LogP contribution is -2.50. The maximum atomic E-state index is 12.3. The summed E-state index contributed by atoms with van der Waals surface area (Å²) in [5.41, 5.74) is -0.641. The Labute approximate surface area is 141 Å². The van der Waals surface area contributed by atoms with Gasteiger partial charge in [0.25, 0.3) is 5.91 Å². The smallest absolute Gasteiger partial charge is 0.305 e. The standard InChI is InChI=1S/C17H24N2O5/c1-17(11-23-2,9-15(20)21)19-16(22)12-7-8-14(18-10-12)24-13-5-3-4-6-13/h7-8,10,13H,3-6,9,11H2,1-2H3,(H,19,22)(H,20,21). The molecule has 0 radical (unpaired) electrons. The van der Waals surface area contributed by atoms with Crippen LogP contribution in [0.25, 0.3) is 0 Å². The summed E-state index contributed by atoms with van der Waals surface area (Å²) < 4.78 is 10.8. The Balaban J connectivity index is 1.98. The molecule has 1 fully saturated rings. The van der Waals surface area contributed by atoms with Gasteiger partial charge < -0.3 is 19.9 Å². The number of nitrogens with one attached hydrogen (secondary N) is 1. The van der Waals surface area contributed by atoms with Gasteiger partial charge in [-0.1, -0.05) is 0 Å². The molecule has 1 aromatic heterocycles. The first-order valence-electron chi connectivity index (χ1n) is 8.08. The zero-order valence-electron chi connectivity index (χ0n) is 14.1. The summed E-state index contributed by atoms with van der Waals surface area (Å²) in [6.45, 7) is 1.73. The van der Waals surface area contributed by atoms with Gasteiger partial charge >= 0.3 is 5.97 Å². The van der Waals surface area contributed by atoms with Gasteiger partial charge in [0.05, 0.1) is 24.1 Å². The number of amides is 1. The zero-order chi connectivity index (χ0) is 17.6. The molecule has 0 spiro atoms. The van der Waals surface area contributed by atoms with E-state index in [4.69, 9.17) is 14.6 Å². The van der Waals surface area contributed by atoms with E-state index in [9.17, 15) is 9.59 Å². The molecular weight excluding hydrogens is 312 g/mol. The Hall–Kier alpha value is -2.15. The van der Waals surface area contributed by atoms with Crippen molar-refractivity contribution >= 4 is 11.9 Å². The molecule has 7 heteroatoms. The molecule has 0 bridgehead atoms. The minimum absolute atomic E-state index is 0.0986. The second-order valence-corrected chi connectivity index (χ2v) is 6.43. The SMILES string of the molecule is COCC(C)(CC(=O)O)NC(=O)c1ccc(OC2CCCC2)nc1. The molecule has 1 heterocycles. The number of pyridine rings is 1. The quantitative estimate of drug-likeness (QED) is 0.753. The summed E-state index contributed by atoms with van der Waals surface area (Å²) in [4.78, 5) is 27.5. The van der Waals surface area contributed by atoms with Gasteiger partial charge in [-0.05, 0) is 38.7 Å². The Morgan fingerprint density at radius 3 is 2.62 bits per heavy atom. The van der Waals surface area contributed by atoms with Crippen LogP contribution in [-0.2, 0) is 9.53 Å². The second kappa shape index (κ2) is 8.10. The van der Waals surface area contributed by atoms with Gasteiger partial charge in [-0.25, -0.2) is 4.98 Å². The number of carboxylic acid groups (broad SMARTS) is 1. The van der Waals surface area contributed by atoms with Crippen LogP contribution in [-0.4, -0.2) is 47.3 Å². The maximum Gasteiger partial charge on any atom is 0.305 e. The number of hydrogen-bond acceptors (Lipinski definition) is 5. The molecule has 1 atom stereocenters. The highest BCUT2D eigenvalue weighted by Crippen LogP contribution is 2.23. The topological polar surface area (TPSA) is 97.8 Å². The van der Waals surface area contributed by atoms with E-state index in [1.54, 1.807) is 19.1 Å². The maximum absolute atomic E-state index is 12.3.